The van der Waals surface area contributed by atoms with Crippen molar-refractivity contribution in [3.63, 3.8) is 0 Å². The summed E-state index contributed by atoms with van der Waals surface area (Å²) in [6.07, 6.45) is 2.79. The van der Waals surface area contributed by atoms with E-state index in [9.17, 15) is 0 Å². The van der Waals surface area contributed by atoms with Gasteiger partial charge in [0.2, 0.25) is 0 Å². The summed E-state index contributed by atoms with van der Waals surface area (Å²) in [6.45, 7) is 12.2. The molecular weight excluding hydrogens is 144 g/mol. The maximum Gasteiger partial charge on any atom is -0.0204 e. The molecule has 2 saturated carbocycles. The minimum absolute atomic E-state index is 0.690. The lowest BCUT2D eigenvalue weighted by atomic mass is 9.53. The summed E-state index contributed by atoms with van der Waals surface area (Å²) >= 11 is 0. The van der Waals surface area contributed by atoms with Crippen molar-refractivity contribution in [3.05, 3.63) is 0 Å². The van der Waals surface area contributed by atoms with Gasteiger partial charge in [0.15, 0.2) is 0 Å². The Morgan fingerprint density at radius 1 is 1.08 bits per heavy atom. The van der Waals surface area contributed by atoms with Gasteiger partial charge in [-0.3, -0.25) is 0 Å². The third-order valence-corrected chi connectivity index (χ3v) is 5.70. The second kappa shape index (κ2) is 2.08. The average molecular weight is 166 g/mol. The average Bonchev–Trinajstić information content (AvgIpc) is 2.67. The van der Waals surface area contributed by atoms with Gasteiger partial charge in [-0.15, -0.1) is 0 Å². The SMILES string of the molecule is CCC1(C)C(C)C2(CC)C(C)C12. The standard InChI is InChI=1S/C12H22/c1-6-11(5)9(4)12(7-2)8(3)10(11)12/h8-10H,6-7H2,1-5H3. The van der Waals surface area contributed by atoms with Gasteiger partial charge in [-0.1, -0.05) is 41.0 Å². The molecule has 5 atom stereocenters. The van der Waals surface area contributed by atoms with Crippen molar-refractivity contribution >= 4 is 0 Å². The molecule has 2 aliphatic rings. The van der Waals surface area contributed by atoms with Crippen LogP contribution in [0.3, 0.4) is 0 Å². The van der Waals surface area contributed by atoms with E-state index in [1.165, 1.54) is 12.8 Å². The summed E-state index contributed by atoms with van der Waals surface area (Å²) in [6, 6.07) is 0. The summed E-state index contributed by atoms with van der Waals surface area (Å²) < 4.78 is 0. The molecule has 0 nitrogen and oxygen atoms in total. The predicted molar refractivity (Wildman–Crippen MR) is 52.9 cm³/mol. The molecule has 0 N–H and O–H groups in total. The molecular formula is C12H22. The molecule has 0 heteroatoms. The first-order valence-electron chi connectivity index (χ1n) is 5.55. The molecule has 0 radical (unpaired) electrons. The second-order valence-corrected chi connectivity index (χ2v) is 5.31. The largest absolute Gasteiger partial charge is 0.0648 e. The lowest BCUT2D eigenvalue weighted by Crippen LogP contribution is -2.45. The normalized spacial score (nSPS) is 62.2. The van der Waals surface area contributed by atoms with Crippen molar-refractivity contribution < 1.29 is 0 Å². The first-order chi connectivity index (χ1) is 5.55. The molecule has 0 aliphatic heterocycles. The fraction of sp³-hybridized carbons (Fsp3) is 1.00. The van der Waals surface area contributed by atoms with Gasteiger partial charge in [0, 0.05) is 0 Å². The molecule has 0 aromatic rings. The van der Waals surface area contributed by atoms with E-state index in [0.29, 0.717) is 5.41 Å². The third-order valence-electron chi connectivity index (χ3n) is 5.70. The minimum atomic E-state index is 0.690. The molecule has 0 bridgehead atoms. The van der Waals surface area contributed by atoms with Gasteiger partial charge in [0.1, 0.15) is 0 Å². The van der Waals surface area contributed by atoms with Gasteiger partial charge in [-0.05, 0) is 35.0 Å². The summed E-state index contributed by atoms with van der Waals surface area (Å²) in [5, 5.41) is 0. The van der Waals surface area contributed by atoms with Crippen LogP contribution in [0.2, 0.25) is 0 Å². The highest BCUT2D eigenvalue weighted by atomic mass is 14.8. The Kier molecular flexibility index (Phi) is 1.49. The van der Waals surface area contributed by atoms with Crippen LogP contribution in [0, 0.1) is 28.6 Å². The van der Waals surface area contributed by atoms with E-state index in [2.05, 4.69) is 34.6 Å². The van der Waals surface area contributed by atoms with Crippen LogP contribution < -0.4 is 0 Å². The van der Waals surface area contributed by atoms with E-state index in [0.717, 1.165) is 23.2 Å². The molecule has 5 unspecified atom stereocenters. The van der Waals surface area contributed by atoms with Crippen molar-refractivity contribution in [2.24, 2.45) is 28.6 Å². The zero-order chi connectivity index (χ0) is 9.15. The van der Waals surface area contributed by atoms with Crippen molar-refractivity contribution in [2.75, 3.05) is 0 Å². The first kappa shape index (κ1) is 8.59. The maximum absolute atomic E-state index is 2.50. The highest BCUT2D eigenvalue weighted by Crippen LogP contribution is 2.84. The van der Waals surface area contributed by atoms with Crippen LogP contribution in [0.25, 0.3) is 0 Å². The predicted octanol–water partition coefficient (Wildman–Crippen LogP) is 3.71. The van der Waals surface area contributed by atoms with E-state index in [1.54, 1.807) is 0 Å². The van der Waals surface area contributed by atoms with Gasteiger partial charge in [0.05, 0.1) is 0 Å². The number of hydrogen-bond donors (Lipinski definition) is 0. The first-order valence-corrected chi connectivity index (χ1v) is 5.55. The van der Waals surface area contributed by atoms with E-state index in [4.69, 9.17) is 0 Å². The Morgan fingerprint density at radius 2 is 1.67 bits per heavy atom. The van der Waals surface area contributed by atoms with Gasteiger partial charge in [0.25, 0.3) is 0 Å². The van der Waals surface area contributed by atoms with Gasteiger partial charge >= 0.3 is 0 Å². The molecule has 2 fully saturated rings. The molecule has 0 heterocycles. The summed E-state index contributed by atoms with van der Waals surface area (Å²) in [7, 11) is 0. The Morgan fingerprint density at radius 3 is 1.92 bits per heavy atom. The summed E-state index contributed by atoms with van der Waals surface area (Å²) in [4.78, 5) is 0. The number of hydrogen-bond acceptors (Lipinski definition) is 0. The van der Waals surface area contributed by atoms with Crippen LogP contribution >= 0.6 is 0 Å². The van der Waals surface area contributed by atoms with E-state index >= 15 is 0 Å². The summed E-state index contributed by atoms with van der Waals surface area (Å²) in [5.41, 5.74) is 1.47. The van der Waals surface area contributed by atoms with Crippen LogP contribution in [0.4, 0.5) is 0 Å². The topological polar surface area (TPSA) is 0 Å². The van der Waals surface area contributed by atoms with Crippen LogP contribution in [0.15, 0.2) is 0 Å². The molecule has 2 aliphatic carbocycles. The second-order valence-electron chi connectivity index (χ2n) is 5.31. The van der Waals surface area contributed by atoms with Crippen LogP contribution in [-0.4, -0.2) is 0 Å². The molecule has 0 aromatic heterocycles. The Hall–Kier alpha value is 0. The zero-order valence-corrected chi connectivity index (χ0v) is 9.15. The lowest BCUT2D eigenvalue weighted by Gasteiger charge is -2.51. The fourth-order valence-corrected chi connectivity index (χ4v) is 4.67. The Bertz CT molecular complexity index is 186. The fourth-order valence-electron chi connectivity index (χ4n) is 4.67. The minimum Gasteiger partial charge on any atom is -0.0648 e. The quantitative estimate of drug-likeness (QED) is 0.586. The van der Waals surface area contributed by atoms with E-state index in [-0.39, 0.29) is 0 Å². The number of rotatable bonds is 2. The van der Waals surface area contributed by atoms with Gasteiger partial charge < -0.3 is 0 Å². The van der Waals surface area contributed by atoms with Crippen molar-refractivity contribution in [1.29, 1.82) is 0 Å². The maximum atomic E-state index is 2.50. The van der Waals surface area contributed by atoms with Crippen molar-refractivity contribution in [3.8, 4) is 0 Å². The van der Waals surface area contributed by atoms with Gasteiger partial charge in [-0.2, -0.15) is 0 Å². The van der Waals surface area contributed by atoms with Crippen LogP contribution in [0.5, 0.6) is 0 Å². The molecule has 0 amide bonds. The number of fused-ring (bicyclic) bond motifs is 1. The van der Waals surface area contributed by atoms with E-state index < -0.39 is 0 Å². The van der Waals surface area contributed by atoms with Crippen LogP contribution in [-0.2, 0) is 0 Å². The van der Waals surface area contributed by atoms with E-state index in [1.807, 2.05) is 0 Å². The smallest absolute Gasteiger partial charge is 0.0204 e. The third kappa shape index (κ3) is 0.561. The molecule has 0 saturated heterocycles. The molecule has 70 valence electrons. The molecule has 2 rings (SSSR count). The highest BCUT2D eigenvalue weighted by molar-refractivity contribution is 5.27. The monoisotopic (exact) mass is 166 g/mol. The molecule has 0 spiro atoms. The van der Waals surface area contributed by atoms with Crippen LogP contribution in [0.1, 0.15) is 47.5 Å². The highest BCUT2D eigenvalue weighted by Gasteiger charge is 2.79. The van der Waals surface area contributed by atoms with Crippen molar-refractivity contribution in [2.45, 2.75) is 47.5 Å². The zero-order valence-electron chi connectivity index (χ0n) is 9.15. The Labute approximate surface area is 76.7 Å². The molecule has 0 aromatic carbocycles. The summed E-state index contributed by atoms with van der Waals surface area (Å²) in [5.74, 6) is 3.05. The van der Waals surface area contributed by atoms with Gasteiger partial charge in [-0.25, -0.2) is 0 Å². The molecule has 12 heavy (non-hydrogen) atoms. The van der Waals surface area contributed by atoms with Crippen molar-refractivity contribution in [1.82, 2.24) is 0 Å². The Balaban J connectivity index is 2.22. The lowest BCUT2D eigenvalue weighted by molar-refractivity contribution is -0.0307.